The number of pyridine rings is 1. The first-order chi connectivity index (χ1) is 16.6. The number of nitrogens with one attached hydrogen (secondary N) is 1. The largest absolute Gasteiger partial charge is 0.465 e. The van der Waals surface area contributed by atoms with Crippen LogP contribution < -0.4 is 5.32 Å². The van der Waals surface area contributed by atoms with E-state index in [-0.39, 0.29) is 11.8 Å². The van der Waals surface area contributed by atoms with Crippen LogP contribution in [0.3, 0.4) is 0 Å². The van der Waals surface area contributed by atoms with E-state index in [2.05, 4.69) is 25.3 Å². The highest BCUT2D eigenvalue weighted by atomic mass is 19.1. The molecule has 0 bridgehead atoms. The van der Waals surface area contributed by atoms with Crippen molar-refractivity contribution in [2.24, 2.45) is 0 Å². The molecule has 34 heavy (non-hydrogen) atoms. The van der Waals surface area contributed by atoms with Crippen LogP contribution in [0.1, 0.15) is 41.4 Å². The average molecular weight is 462 g/mol. The molecule has 4 aromatic rings. The summed E-state index contributed by atoms with van der Waals surface area (Å²) >= 11 is 0. The van der Waals surface area contributed by atoms with Crippen molar-refractivity contribution in [2.75, 3.05) is 19.0 Å². The predicted octanol–water partition coefficient (Wildman–Crippen LogP) is 4.57. The van der Waals surface area contributed by atoms with Gasteiger partial charge in [0.2, 0.25) is 0 Å². The molecule has 0 spiro atoms. The Hall–Kier alpha value is -3.92. The highest BCUT2D eigenvalue weighted by Crippen LogP contribution is 2.34. The van der Waals surface area contributed by atoms with Crippen molar-refractivity contribution in [2.45, 2.75) is 32.4 Å². The number of benzene rings is 1. The first-order valence-corrected chi connectivity index (χ1v) is 11.0. The lowest BCUT2D eigenvalue weighted by Gasteiger charge is -2.23. The van der Waals surface area contributed by atoms with Crippen molar-refractivity contribution in [1.82, 2.24) is 24.5 Å². The fourth-order valence-corrected chi connectivity index (χ4v) is 4.07. The minimum absolute atomic E-state index is 0.0984. The lowest BCUT2D eigenvalue weighted by molar-refractivity contribution is -0.0298. The molecule has 0 aliphatic carbocycles. The Labute approximate surface area is 195 Å². The normalized spacial score (nSPS) is 15.9. The van der Waals surface area contributed by atoms with Gasteiger partial charge < -0.3 is 14.8 Å². The number of anilines is 2. The van der Waals surface area contributed by atoms with Crippen LogP contribution in [0.25, 0.3) is 22.4 Å². The third-order valence-corrected chi connectivity index (χ3v) is 5.91. The number of methoxy groups -OCH3 is 1. The van der Waals surface area contributed by atoms with Gasteiger partial charge in [0.15, 0.2) is 5.65 Å². The van der Waals surface area contributed by atoms with E-state index >= 15 is 0 Å². The highest BCUT2D eigenvalue weighted by Gasteiger charge is 2.22. The molecule has 1 unspecified atom stereocenters. The van der Waals surface area contributed by atoms with E-state index in [0.29, 0.717) is 46.1 Å². The maximum absolute atomic E-state index is 14.5. The molecule has 174 valence electrons. The van der Waals surface area contributed by atoms with E-state index in [1.807, 2.05) is 10.6 Å². The Morgan fingerprint density at radius 2 is 2.12 bits per heavy atom. The van der Waals surface area contributed by atoms with Crippen molar-refractivity contribution >= 4 is 28.6 Å². The van der Waals surface area contributed by atoms with E-state index in [9.17, 15) is 9.18 Å². The Morgan fingerprint density at radius 1 is 1.24 bits per heavy atom. The second-order valence-electron chi connectivity index (χ2n) is 8.01. The minimum Gasteiger partial charge on any atom is -0.465 e. The van der Waals surface area contributed by atoms with Crippen LogP contribution in [-0.2, 0) is 9.47 Å². The van der Waals surface area contributed by atoms with E-state index in [1.54, 1.807) is 25.5 Å². The van der Waals surface area contributed by atoms with E-state index in [1.165, 1.54) is 19.5 Å². The number of carbonyl (C=O) groups excluding carboxylic acids is 1. The average Bonchev–Trinajstić information content (AvgIpc) is 3.31. The monoisotopic (exact) mass is 462 g/mol. The summed E-state index contributed by atoms with van der Waals surface area (Å²) in [4.78, 5) is 29.9. The van der Waals surface area contributed by atoms with Crippen molar-refractivity contribution in [3.05, 3.63) is 60.1 Å². The van der Waals surface area contributed by atoms with E-state index in [4.69, 9.17) is 9.47 Å². The molecule has 1 atom stereocenters. The number of hydrogen-bond acceptors (Lipinski definition) is 8. The molecule has 1 N–H and O–H groups in total. The molecule has 1 aliphatic rings. The molecule has 4 heterocycles. The fraction of sp³-hybridized carbons (Fsp3) is 0.292. The molecule has 1 aliphatic heterocycles. The van der Waals surface area contributed by atoms with Crippen LogP contribution in [0.2, 0.25) is 0 Å². The van der Waals surface area contributed by atoms with Crippen molar-refractivity contribution in [3.8, 4) is 11.3 Å². The van der Waals surface area contributed by atoms with Crippen LogP contribution in [0, 0.1) is 12.7 Å². The molecule has 1 fully saturated rings. The van der Waals surface area contributed by atoms with Crippen LogP contribution >= 0.6 is 0 Å². The number of imidazole rings is 1. The minimum atomic E-state index is -0.629. The molecule has 1 aromatic carbocycles. The molecule has 3 aromatic heterocycles. The molecule has 9 nitrogen and oxygen atoms in total. The van der Waals surface area contributed by atoms with Gasteiger partial charge in [-0.05, 0) is 50.5 Å². The third-order valence-electron chi connectivity index (χ3n) is 5.91. The first kappa shape index (κ1) is 21.9. The zero-order chi connectivity index (χ0) is 23.7. The summed E-state index contributed by atoms with van der Waals surface area (Å²) in [5, 5.41) is 3.16. The van der Waals surface area contributed by atoms with Crippen LogP contribution in [0.4, 0.5) is 15.9 Å². The second kappa shape index (κ2) is 9.14. The third kappa shape index (κ3) is 3.96. The number of rotatable bonds is 5. The van der Waals surface area contributed by atoms with Crippen LogP contribution in [0.5, 0.6) is 0 Å². The van der Waals surface area contributed by atoms with Gasteiger partial charge in [0.25, 0.3) is 0 Å². The number of esters is 1. The Bertz CT molecular complexity index is 1370. The molecule has 0 amide bonds. The summed E-state index contributed by atoms with van der Waals surface area (Å²) in [7, 11) is 1.25. The number of halogens is 1. The molecule has 5 rings (SSSR count). The topological polar surface area (TPSA) is 104 Å². The van der Waals surface area contributed by atoms with Gasteiger partial charge in [0.05, 0.1) is 19.0 Å². The molecule has 10 heteroatoms. The van der Waals surface area contributed by atoms with E-state index in [0.717, 1.165) is 25.3 Å². The molecular weight excluding hydrogens is 439 g/mol. The maximum atomic E-state index is 14.5. The highest BCUT2D eigenvalue weighted by molar-refractivity contribution is 5.93. The standard InChI is InChI=1S/C24H23FN6O3/c1-14-17(25)10-15(24(32)33-2)11-18(14)30-22-16(6-5-8-26-22)20-21-23(28-12-27-20)31(13-29-21)19-7-3-4-9-34-19/h5-6,8,10-13,19H,3-4,7,9H2,1-2H3,(H,26,30). The van der Waals surface area contributed by atoms with Crippen molar-refractivity contribution in [1.29, 1.82) is 0 Å². The molecule has 0 saturated carbocycles. The van der Waals surface area contributed by atoms with E-state index < -0.39 is 11.8 Å². The number of nitrogens with zero attached hydrogens (tertiary/aromatic N) is 5. The molecule has 1 saturated heterocycles. The predicted molar refractivity (Wildman–Crippen MR) is 123 cm³/mol. The number of carbonyl (C=O) groups is 1. The SMILES string of the molecule is COC(=O)c1cc(F)c(C)c(Nc2ncccc2-c2ncnc3c2ncn3C2CCCCO2)c1. The van der Waals surface area contributed by atoms with Gasteiger partial charge in [-0.3, -0.25) is 4.57 Å². The summed E-state index contributed by atoms with van der Waals surface area (Å²) < 4.78 is 27.1. The maximum Gasteiger partial charge on any atom is 0.338 e. The summed E-state index contributed by atoms with van der Waals surface area (Å²) in [6.45, 7) is 2.33. The summed E-state index contributed by atoms with van der Waals surface area (Å²) in [5.41, 5.74) is 3.36. The molecule has 0 radical (unpaired) electrons. The van der Waals surface area contributed by atoms with Gasteiger partial charge >= 0.3 is 5.97 Å². The van der Waals surface area contributed by atoms with Crippen LogP contribution in [-0.4, -0.2) is 44.2 Å². The Morgan fingerprint density at radius 3 is 2.91 bits per heavy atom. The lowest BCUT2D eigenvalue weighted by atomic mass is 10.1. The van der Waals surface area contributed by atoms with Gasteiger partial charge in [0.1, 0.15) is 35.4 Å². The van der Waals surface area contributed by atoms with Crippen LogP contribution in [0.15, 0.2) is 43.1 Å². The first-order valence-electron chi connectivity index (χ1n) is 11.0. The number of aromatic nitrogens is 5. The quantitative estimate of drug-likeness (QED) is 0.430. The van der Waals surface area contributed by atoms with Gasteiger partial charge in [-0.15, -0.1) is 0 Å². The number of hydrogen-bond donors (Lipinski definition) is 1. The van der Waals surface area contributed by atoms with Gasteiger partial charge in [-0.1, -0.05) is 0 Å². The van der Waals surface area contributed by atoms with Gasteiger partial charge in [-0.2, -0.15) is 0 Å². The second-order valence-corrected chi connectivity index (χ2v) is 8.01. The zero-order valence-electron chi connectivity index (χ0n) is 18.8. The van der Waals surface area contributed by atoms with Gasteiger partial charge in [0, 0.05) is 29.6 Å². The van der Waals surface area contributed by atoms with Crippen molar-refractivity contribution in [3.63, 3.8) is 0 Å². The smallest absolute Gasteiger partial charge is 0.338 e. The fourth-order valence-electron chi connectivity index (χ4n) is 4.07. The Balaban J connectivity index is 1.57. The summed E-state index contributed by atoms with van der Waals surface area (Å²) in [6, 6.07) is 6.32. The summed E-state index contributed by atoms with van der Waals surface area (Å²) in [6.07, 6.45) is 7.74. The summed E-state index contributed by atoms with van der Waals surface area (Å²) in [5.74, 6) is -0.717. The lowest BCUT2D eigenvalue weighted by Crippen LogP contribution is -2.17. The molecular formula is C24H23FN6O3. The van der Waals surface area contributed by atoms with Crippen molar-refractivity contribution < 1.29 is 18.7 Å². The number of ether oxygens (including phenoxy) is 2. The van der Waals surface area contributed by atoms with Gasteiger partial charge in [-0.25, -0.2) is 29.1 Å². The number of fused-ring (bicyclic) bond motifs is 1. The zero-order valence-corrected chi connectivity index (χ0v) is 18.8. The Kier molecular flexibility index (Phi) is 5.89.